The third-order valence-corrected chi connectivity index (χ3v) is 3.92. The van der Waals surface area contributed by atoms with E-state index in [1.54, 1.807) is 6.20 Å². The minimum atomic E-state index is -0.0188. The lowest BCUT2D eigenvalue weighted by Crippen LogP contribution is -2.35. The van der Waals surface area contributed by atoms with Gasteiger partial charge in [0.05, 0.1) is 12.2 Å². The van der Waals surface area contributed by atoms with E-state index >= 15 is 0 Å². The highest BCUT2D eigenvalue weighted by Gasteiger charge is 2.23. The molecule has 1 saturated heterocycles. The maximum Gasteiger partial charge on any atom is 0.135 e. The summed E-state index contributed by atoms with van der Waals surface area (Å²) in [6.45, 7) is 8.41. The molecule has 112 valence electrons. The Morgan fingerprint density at radius 2 is 1.90 bits per heavy atom. The predicted octanol–water partition coefficient (Wildman–Crippen LogP) is 2.21. The van der Waals surface area contributed by atoms with Gasteiger partial charge < -0.3 is 4.90 Å². The number of aromatic nitrogens is 5. The van der Waals surface area contributed by atoms with Crippen molar-refractivity contribution in [3.8, 4) is 0 Å². The zero-order chi connectivity index (χ0) is 14.9. The normalized spacial score (nSPS) is 17.2. The van der Waals surface area contributed by atoms with Gasteiger partial charge in [0.25, 0.3) is 0 Å². The van der Waals surface area contributed by atoms with Crippen LogP contribution in [0.5, 0.6) is 0 Å². The standard InChI is InChI=1S/C15H22N6/c1-15(2,3)14-16-7-4-13(18-14)20-9-5-12(6-10-20)21-11-8-17-19-21/h4,7-8,11-12H,5-6,9-10H2,1-3H3. The Balaban J connectivity index is 1.70. The minimum Gasteiger partial charge on any atom is -0.356 e. The van der Waals surface area contributed by atoms with Gasteiger partial charge in [0.2, 0.25) is 0 Å². The Bertz CT molecular complexity index is 578. The van der Waals surface area contributed by atoms with Crippen LogP contribution in [0.2, 0.25) is 0 Å². The fourth-order valence-corrected chi connectivity index (χ4v) is 2.66. The molecule has 0 radical (unpaired) electrons. The molecule has 6 nitrogen and oxygen atoms in total. The van der Waals surface area contributed by atoms with E-state index in [2.05, 4.69) is 41.0 Å². The van der Waals surface area contributed by atoms with Crippen molar-refractivity contribution in [3.63, 3.8) is 0 Å². The maximum absolute atomic E-state index is 4.74. The Labute approximate surface area is 125 Å². The molecular weight excluding hydrogens is 264 g/mol. The molecule has 0 spiro atoms. The number of hydrogen-bond acceptors (Lipinski definition) is 5. The highest BCUT2D eigenvalue weighted by molar-refractivity contribution is 5.38. The summed E-state index contributed by atoms with van der Waals surface area (Å²) < 4.78 is 1.97. The minimum absolute atomic E-state index is 0.0188. The summed E-state index contributed by atoms with van der Waals surface area (Å²) in [6, 6.07) is 2.46. The van der Waals surface area contributed by atoms with Crippen LogP contribution in [0.1, 0.15) is 45.5 Å². The number of nitrogens with zero attached hydrogens (tertiary/aromatic N) is 6. The number of rotatable bonds is 2. The van der Waals surface area contributed by atoms with Crippen molar-refractivity contribution in [3.05, 3.63) is 30.5 Å². The third-order valence-electron chi connectivity index (χ3n) is 3.92. The fourth-order valence-electron chi connectivity index (χ4n) is 2.66. The van der Waals surface area contributed by atoms with Crippen LogP contribution >= 0.6 is 0 Å². The topological polar surface area (TPSA) is 59.7 Å². The van der Waals surface area contributed by atoms with Crippen LogP contribution in [-0.4, -0.2) is 38.1 Å². The summed E-state index contributed by atoms with van der Waals surface area (Å²) in [5, 5.41) is 8.00. The van der Waals surface area contributed by atoms with Crippen molar-refractivity contribution in [1.82, 2.24) is 25.0 Å². The lowest BCUT2D eigenvalue weighted by Gasteiger charge is -2.33. The lowest BCUT2D eigenvalue weighted by molar-refractivity contribution is 0.359. The van der Waals surface area contributed by atoms with E-state index in [0.29, 0.717) is 6.04 Å². The monoisotopic (exact) mass is 286 g/mol. The summed E-state index contributed by atoms with van der Waals surface area (Å²) in [7, 11) is 0. The summed E-state index contributed by atoms with van der Waals surface area (Å²) in [5.41, 5.74) is -0.0188. The van der Waals surface area contributed by atoms with Crippen LogP contribution in [0.4, 0.5) is 5.82 Å². The third kappa shape index (κ3) is 3.04. The highest BCUT2D eigenvalue weighted by Crippen LogP contribution is 2.26. The average molecular weight is 286 g/mol. The number of hydrogen-bond donors (Lipinski definition) is 0. The molecule has 0 bridgehead atoms. The van der Waals surface area contributed by atoms with Gasteiger partial charge in [-0.05, 0) is 18.9 Å². The van der Waals surface area contributed by atoms with E-state index < -0.39 is 0 Å². The molecule has 0 N–H and O–H groups in total. The molecule has 2 aromatic rings. The van der Waals surface area contributed by atoms with Crippen LogP contribution in [0, 0.1) is 0 Å². The fraction of sp³-hybridized carbons (Fsp3) is 0.600. The van der Waals surface area contributed by atoms with Crippen LogP contribution in [0.3, 0.4) is 0 Å². The molecule has 0 aliphatic carbocycles. The molecule has 21 heavy (non-hydrogen) atoms. The molecule has 0 amide bonds. The van der Waals surface area contributed by atoms with Crippen LogP contribution in [0.15, 0.2) is 24.7 Å². The van der Waals surface area contributed by atoms with Gasteiger partial charge in [0, 0.05) is 30.9 Å². The molecule has 6 heteroatoms. The van der Waals surface area contributed by atoms with Crippen LogP contribution < -0.4 is 4.90 Å². The predicted molar refractivity (Wildman–Crippen MR) is 81.2 cm³/mol. The average Bonchev–Trinajstić information content (AvgIpc) is 3.01. The molecule has 3 heterocycles. The Hall–Kier alpha value is -1.98. The van der Waals surface area contributed by atoms with Gasteiger partial charge in [-0.3, -0.25) is 0 Å². The van der Waals surface area contributed by atoms with E-state index in [0.717, 1.165) is 37.6 Å². The molecule has 0 atom stereocenters. The molecule has 0 aromatic carbocycles. The second kappa shape index (κ2) is 5.42. The van der Waals surface area contributed by atoms with Gasteiger partial charge in [-0.15, -0.1) is 5.10 Å². The van der Waals surface area contributed by atoms with Crippen LogP contribution in [-0.2, 0) is 5.41 Å². The first-order valence-electron chi connectivity index (χ1n) is 7.48. The zero-order valence-electron chi connectivity index (χ0n) is 12.9. The molecule has 2 aromatic heterocycles. The molecule has 1 aliphatic rings. The van der Waals surface area contributed by atoms with Crippen molar-refractivity contribution < 1.29 is 0 Å². The van der Waals surface area contributed by atoms with Gasteiger partial charge in [-0.1, -0.05) is 26.0 Å². The van der Waals surface area contributed by atoms with Crippen molar-refractivity contribution in [1.29, 1.82) is 0 Å². The molecule has 1 aliphatic heterocycles. The smallest absolute Gasteiger partial charge is 0.135 e. The maximum atomic E-state index is 4.74. The first kappa shape index (κ1) is 14.0. The number of anilines is 1. The van der Waals surface area contributed by atoms with Gasteiger partial charge >= 0.3 is 0 Å². The Morgan fingerprint density at radius 1 is 1.14 bits per heavy atom. The Morgan fingerprint density at radius 3 is 2.52 bits per heavy atom. The zero-order valence-corrected chi connectivity index (χ0v) is 12.9. The van der Waals surface area contributed by atoms with Crippen LogP contribution in [0.25, 0.3) is 0 Å². The number of piperidine rings is 1. The van der Waals surface area contributed by atoms with E-state index in [1.165, 1.54) is 0 Å². The lowest BCUT2D eigenvalue weighted by atomic mass is 9.96. The molecule has 0 unspecified atom stereocenters. The first-order valence-corrected chi connectivity index (χ1v) is 7.48. The molecule has 1 fully saturated rings. The largest absolute Gasteiger partial charge is 0.356 e. The van der Waals surface area contributed by atoms with Gasteiger partial charge in [-0.2, -0.15) is 0 Å². The quantitative estimate of drug-likeness (QED) is 0.847. The summed E-state index contributed by atoms with van der Waals surface area (Å²) in [4.78, 5) is 11.5. The van der Waals surface area contributed by atoms with E-state index in [-0.39, 0.29) is 5.41 Å². The molecule has 0 saturated carbocycles. The van der Waals surface area contributed by atoms with Crippen molar-refractivity contribution >= 4 is 5.82 Å². The molecule has 3 rings (SSSR count). The van der Waals surface area contributed by atoms with Gasteiger partial charge in [-0.25, -0.2) is 14.6 Å². The van der Waals surface area contributed by atoms with Gasteiger partial charge in [0.15, 0.2) is 0 Å². The first-order chi connectivity index (χ1) is 10.0. The van der Waals surface area contributed by atoms with E-state index in [9.17, 15) is 0 Å². The van der Waals surface area contributed by atoms with Crippen molar-refractivity contribution in [2.24, 2.45) is 0 Å². The highest BCUT2D eigenvalue weighted by atomic mass is 15.4. The van der Waals surface area contributed by atoms with Crippen molar-refractivity contribution in [2.75, 3.05) is 18.0 Å². The second-order valence-corrected chi connectivity index (χ2v) is 6.59. The molecular formula is C15H22N6. The van der Waals surface area contributed by atoms with Crippen molar-refractivity contribution in [2.45, 2.75) is 45.1 Å². The summed E-state index contributed by atoms with van der Waals surface area (Å²) in [6.07, 6.45) is 7.69. The summed E-state index contributed by atoms with van der Waals surface area (Å²) in [5.74, 6) is 1.94. The second-order valence-electron chi connectivity index (χ2n) is 6.59. The Kier molecular flexibility index (Phi) is 3.61. The van der Waals surface area contributed by atoms with Gasteiger partial charge in [0.1, 0.15) is 11.6 Å². The summed E-state index contributed by atoms with van der Waals surface area (Å²) >= 11 is 0. The van der Waals surface area contributed by atoms with E-state index in [4.69, 9.17) is 4.98 Å². The van der Waals surface area contributed by atoms with E-state index in [1.807, 2.05) is 23.1 Å². The SMILES string of the molecule is CC(C)(C)c1nccc(N2CCC(n3ccnn3)CC2)n1.